The third-order valence-electron chi connectivity index (χ3n) is 6.00. The molecular weight excluding hydrogens is 387 g/mol. The second-order valence-corrected chi connectivity index (χ2v) is 7.99. The first-order chi connectivity index (χ1) is 14.3. The number of halogens is 1. The number of carbonyl (C=O) groups excluding carboxylic acids is 2. The third-order valence-corrected chi connectivity index (χ3v) is 6.00. The Labute approximate surface area is 177 Å². The Morgan fingerprint density at radius 1 is 1.27 bits per heavy atom. The van der Waals surface area contributed by atoms with Crippen molar-refractivity contribution in [1.82, 2.24) is 20.0 Å². The van der Waals surface area contributed by atoms with E-state index in [2.05, 4.69) is 22.2 Å². The molecule has 30 heavy (non-hydrogen) atoms. The third kappa shape index (κ3) is 4.65. The SMILES string of the molecule is CCOC(=O)C1=C(CN(C)C2CCN(C)CC2)N(C)C(=O)NC1c1ccccc1F. The van der Waals surface area contributed by atoms with Crippen LogP contribution in [0.1, 0.15) is 31.4 Å². The monoisotopic (exact) mass is 418 g/mol. The van der Waals surface area contributed by atoms with E-state index in [1.54, 1.807) is 32.2 Å². The lowest BCUT2D eigenvalue weighted by Gasteiger charge is -2.39. The number of likely N-dealkylation sites (N-methyl/N-ethyl adjacent to an activating group) is 2. The number of likely N-dealkylation sites (tertiary alicyclic amines) is 1. The van der Waals surface area contributed by atoms with E-state index in [4.69, 9.17) is 4.74 Å². The Morgan fingerprint density at radius 2 is 1.93 bits per heavy atom. The molecule has 1 aromatic carbocycles. The number of carbonyl (C=O) groups is 2. The maximum Gasteiger partial charge on any atom is 0.338 e. The van der Waals surface area contributed by atoms with Crippen LogP contribution >= 0.6 is 0 Å². The number of hydrogen-bond donors (Lipinski definition) is 1. The Balaban J connectivity index is 2.00. The minimum absolute atomic E-state index is 0.196. The van der Waals surface area contributed by atoms with Crippen molar-refractivity contribution in [3.63, 3.8) is 0 Å². The molecule has 0 aliphatic carbocycles. The molecule has 1 aromatic rings. The van der Waals surface area contributed by atoms with Crippen LogP contribution in [0.25, 0.3) is 0 Å². The summed E-state index contributed by atoms with van der Waals surface area (Å²) in [5.41, 5.74) is 1.08. The molecule has 1 atom stereocenters. The first kappa shape index (κ1) is 22.2. The van der Waals surface area contributed by atoms with Crippen LogP contribution < -0.4 is 5.32 Å². The van der Waals surface area contributed by atoms with Gasteiger partial charge in [0, 0.05) is 30.9 Å². The van der Waals surface area contributed by atoms with E-state index < -0.39 is 17.8 Å². The normalized spacial score (nSPS) is 21.2. The van der Waals surface area contributed by atoms with Gasteiger partial charge in [-0.3, -0.25) is 9.80 Å². The van der Waals surface area contributed by atoms with E-state index in [9.17, 15) is 14.0 Å². The van der Waals surface area contributed by atoms with Crippen molar-refractivity contribution >= 4 is 12.0 Å². The fourth-order valence-corrected chi connectivity index (χ4v) is 4.14. The quantitative estimate of drug-likeness (QED) is 0.719. The first-order valence-electron chi connectivity index (χ1n) is 10.4. The number of ether oxygens (including phenoxy) is 1. The number of amides is 2. The molecule has 0 radical (unpaired) electrons. The van der Waals surface area contributed by atoms with Gasteiger partial charge in [0.2, 0.25) is 0 Å². The van der Waals surface area contributed by atoms with Crippen LogP contribution in [0.2, 0.25) is 0 Å². The number of nitrogens with zero attached hydrogens (tertiary/aromatic N) is 3. The predicted molar refractivity (Wildman–Crippen MR) is 112 cm³/mol. The molecule has 1 saturated heterocycles. The number of nitrogens with one attached hydrogen (secondary N) is 1. The molecule has 2 aliphatic rings. The van der Waals surface area contributed by atoms with Gasteiger partial charge < -0.3 is 15.0 Å². The second-order valence-electron chi connectivity index (χ2n) is 7.99. The summed E-state index contributed by atoms with van der Waals surface area (Å²) in [6, 6.07) is 5.27. The van der Waals surface area contributed by atoms with Crippen molar-refractivity contribution in [2.24, 2.45) is 0 Å². The number of urea groups is 1. The molecule has 1 N–H and O–H groups in total. The van der Waals surface area contributed by atoms with Crippen molar-refractivity contribution in [3.8, 4) is 0 Å². The van der Waals surface area contributed by atoms with Crippen LogP contribution in [0.15, 0.2) is 35.5 Å². The number of piperidine rings is 1. The molecule has 1 unspecified atom stereocenters. The van der Waals surface area contributed by atoms with Gasteiger partial charge in [0.1, 0.15) is 5.82 Å². The fourth-order valence-electron chi connectivity index (χ4n) is 4.14. The van der Waals surface area contributed by atoms with E-state index in [0.717, 1.165) is 25.9 Å². The summed E-state index contributed by atoms with van der Waals surface area (Å²) in [6.45, 7) is 4.34. The Morgan fingerprint density at radius 3 is 2.57 bits per heavy atom. The van der Waals surface area contributed by atoms with Gasteiger partial charge in [-0.1, -0.05) is 18.2 Å². The standard InChI is InChI=1S/C22H31FN4O3/c1-5-30-21(28)19-18(14-26(3)15-10-12-25(2)13-11-15)27(4)22(29)24-20(19)16-8-6-7-9-17(16)23/h6-9,15,20H,5,10-14H2,1-4H3,(H,24,29). The van der Waals surface area contributed by atoms with Crippen LogP contribution in [0, 0.1) is 5.82 Å². The topological polar surface area (TPSA) is 65.1 Å². The van der Waals surface area contributed by atoms with Crippen LogP contribution in [0.5, 0.6) is 0 Å². The molecule has 1 fully saturated rings. The van der Waals surface area contributed by atoms with Gasteiger partial charge in [-0.05, 0) is 53.0 Å². The van der Waals surface area contributed by atoms with E-state index >= 15 is 0 Å². The molecule has 0 saturated carbocycles. The van der Waals surface area contributed by atoms with Crippen molar-refractivity contribution in [3.05, 3.63) is 46.9 Å². The minimum Gasteiger partial charge on any atom is -0.463 e. The molecule has 0 aromatic heterocycles. The highest BCUT2D eigenvalue weighted by molar-refractivity contribution is 5.95. The number of rotatable bonds is 6. The number of benzene rings is 1. The lowest BCUT2D eigenvalue weighted by atomic mass is 9.93. The lowest BCUT2D eigenvalue weighted by molar-refractivity contribution is -0.139. The lowest BCUT2D eigenvalue weighted by Crippen LogP contribution is -2.50. The zero-order valence-electron chi connectivity index (χ0n) is 18.2. The van der Waals surface area contributed by atoms with Crippen molar-refractivity contribution in [2.45, 2.75) is 31.8 Å². The Hall–Kier alpha value is -2.45. The molecule has 2 amide bonds. The fraction of sp³-hybridized carbons (Fsp3) is 0.545. The Bertz CT molecular complexity index is 820. The van der Waals surface area contributed by atoms with Crippen molar-refractivity contribution in [2.75, 3.05) is 47.4 Å². The average Bonchev–Trinajstić information content (AvgIpc) is 2.72. The van der Waals surface area contributed by atoms with Crippen molar-refractivity contribution < 1.29 is 18.7 Å². The average molecular weight is 419 g/mol. The molecular formula is C22H31FN4O3. The molecule has 0 spiro atoms. The number of hydrogen-bond acceptors (Lipinski definition) is 5. The molecule has 2 heterocycles. The smallest absolute Gasteiger partial charge is 0.338 e. The van der Waals surface area contributed by atoms with E-state index in [1.807, 2.05) is 7.05 Å². The molecule has 8 heteroatoms. The summed E-state index contributed by atoms with van der Waals surface area (Å²) >= 11 is 0. The zero-order valence-corrected chi connectivity index (χ0v) is 18.2. The molecule has 3 rings (SSSR count). The first-order valence-corrected chi connectivity index (χ1v) is 10.4. The highest BCUT2D eigenvalue weighted by Crippen LogP contribution is 2.33. The summed E-state index contributed by atoms with van der Waals surface area (Å²) in [5.74, 6) is -1.01. The highest BCUT2D eigenvalue weighted by Gasteiger charge is 2.38. The van der Waals surface area contributed by atoms with E-state index in [1.165, 1.54) is 11.0 Å². The molecule has 2 aliphatic heterocycles. The highest BCUT2D eigenvalue weighted by atomic mass is 19.1. The van der Waals surface area contributed by atoms with Crippen LogP contribution in [-0.4, -0.2) is 80.1 Å². The van der Waals surface area contributed by atoms with Gasteiger partial charge in [-0.2, -0.15) is 0 Å². The maximum absolute atomic E-state index is 14.6. The van der Waals surface area contributed by atoms with Gasteiger partial charge in [-0.25, -0.2) is 14.0 Å². The van der Waals surface area contributed by atoms with Crippen molar-refractivity contribution in [1.29, 1.82) is 0 Å². The largest absolute Gasteiger partial charge is 0.463 e. The summed E-state index contributed by atoms with van der Waals surface area (Å²) in [4.78, 5) is 31.6. The van der Waals surface area contributed by atoms with Gasteiger partial charge >= 0.3 is 12.0 Å². The van der Waals surface area contributed by atoms with Gasteiger partial charge in [-0.15, -0.1) is 0 Å². The van der Waals surface area contributed by atoms with Crippen LogP contribution in [0.3, 0.4) is 0 Å². The summed E-state index contributed by atoms with van der Waals surface area (Å²) < 4.78 is 19.9. The Kier molecular flexibility index (Phi) is 7.10. The molecule has 0 bridgehead atoms. The van der Waals surface area contributed by atoms with Gasteiger partial charge in [0.25, 0.3) is 0 Å². The van der Waals surface area contributed by atoms with Crippen LogP contribution in [0.4, 0.5) is 9.18 Å². The second kappa shape index (κ2) is 9.57. The van der Waals surface area contributed by atoms with E-state index in [0.29, 0.717) is 18.3 Å². The predicted octanol–water partition coefficient (Wildman–Crippen LogP) is 2.37. The summed E-state index contributed by atoms with van der Waals surface area (Å²) in [5, 5.41) is 2.76. The van der Waals surface area contributed by atoms with Gasteiger partial charge in [0.15, 0.2) is 0 Å². The van der Waals surface area contributed by atoms with Gasteiger partial charge in [0.05, 0.1) is 18.2 Å². The summed E-state index contributed by atoms with van der Waals surface area (Å²) in [7, 11) is 5.74. The van der Waals surface area contributed by atoms with E-state index in [-0.39, 0.29) is 23.8 Å². The number of esters is 1. The summed E-state index contributed by atoms with van der Waals surface area (Å²) in [6.07, 6.45) is 2.03. The molecule has 164 valence electrons. The maximum atomic E-state index is 14.6. The van der Waals surface area contributed by atoms with Crippen LogP contribution in [-0.2, 0) is 9.53 Å². The zero-order chi connectivity index (χ0) is 21.8. The molecule has 7 nitrogen and oxygen atoms in total. The minimum atomic E-state index is -0.894.